The number of hydrogen-bond donors (Lipinski definition) is 0. The maximum atomic E-state index is 12.7. The molecule has 28 heavy (non-hydrogen) atoms. The Morgan fingerprint density at radius 3 is 2.07 bits per heavy atom. The van der Waals surface area contributed by atoms with Gasteiger partial charge in [-0.2, -0.15) is 0 Å². The molecule has 0 N–H and O–H groups in total. The lowest BCUT2D eigenvalue weighted by Crippen LogP contribution is -2.11. The molecule has 0 aliphatic rings. The van der Waals surface area contributed by atoms with Crippen LogP contribution in [0.1, 0.15) is 27.2 Å². The van der Waals surface area contributed by atoms with E-state index in [0.29, 0.717) is 5.56 Å². The Morgan fingerprint density at radius 2 is 1.39 bits per heavy atom. The molecule has 0 spiro atoms. The van der Waals surface area contributed by atoms with Crippen LogP contribution in [0.5, 0.6) is 0 Å². The largest absolute Gasteiger partial charge is 0.465 e. The van der Waals surface area contributed by atoms with Gasteiger partial charge in [0.2, 0.25) is 0 Å². The number of aromatic nitrogens is 1. The quantitative estimate of drug-likeness (QED) is 0.434. The number of para-hydroxylation sites is 1. The molecule has 0 aliphatic carbocycles. The van der Waals surface area contributed by atoms with Gasteiger partial charge in [-0.25, -0.2) is 4.79 Å². The van der Waals surface area contributed by atoms with Crippen molar-refractivity contribution in [3.8, 4) is 0 Å². The molecular weight excluding hydrogens is 346 g/mol. The molecule has 0 amide bonds. The molecule has 3 aromatic carbocycles. The van der Waals surface area contributed by atoms with Crippen molar-refractivity contribution in [2.45, 2.75) is 19.4 Å². The minimum absolute atomic E-state index is 0.272. The van der Waals surface area contributed by atoms with E-state index in [1.54, 1.807) is 0 Å². The second-order valence-corrected chi connectivity index (χ2v) is 6.89. The number of aryl methyl sites for hydroxylation is 1. The van der Waals surface area contributed by atoms with Crippen LogP contribution in [0.4, 0.5) is 0 Å². The number of fused-ring (bicyclic) bond motifs is 1. The van der Waals surface area contributed by atoms with Crippen LogP contribution in [0.2, 0.25) is 0 Å². The van der Waals surface area contributed by atoms with Crippen LogP contribution < -0.4 is 0 Å². The van der Waals surface area contributed by atoms with Crippen molar-refractivity contribution in [2.24, 2.45) is 0 Å². The Hall–Kier alpha value is -3.33. The molecule has 4 rings (SSSR count). The number of benzene rings is 3. The molecule has 4 aromatic rings. The second-order valence-electron chi connectivity index (χ2n) is 6.89. The normalized spacial score (nSPS) is 10.9. The van der Waals surface area contributed by atoms with Crippen LogP contribution in [0, 0.1) is 0 Å². The lowest BCUT2D eigenvalue weighted by molar-refractivity contribution is 0.0601. The fraction of sp³-hybridized carbons (Fsp3) is 0.160. The highest BCUT2D eigenvalue weighted by atomic mass is 16.5. The SMILES string of the molecule is COC(=O)c1c(CCc2ccccc2)n(Cc2ccccc2)c2ccccc12. The van der Waals surface area contributed by atoms with Crippen molar-refractivity contribution in [1.29, 1.82) is 0 Å². The van der Waals surface area contributed by atoms with Crippen LogP contribution in [0.3, 0.4) is 0 Å². The molecule has 0 bridgehead atoms. The molecule has 140 valence electrons. The molecule has 0 fully saturated rings. The first-order chi connectivity index (χ1) is 13.8. The second kappa shape index (κ2) is 8.13. The van der Waals surface area contributed by atoms with Gasteiger partial charge in [-0.1, -0.05) is 78.9 Å². The fourth-order valence-electron chi connectivity index (χ4n) is 3.80. The number of carbonyl (C=O) groups is 1. The molecule has 0 aliphatic heterocycles. The Bertz CT molecular complexity index is 1080. The summed E-state index contributed by atoms with van der Waals surface area (Å²) >= 11 is 0. The number of rotatable bonds is 6. The molecule has 1 aromatic heterocycles. The van der Waals surface area contributed by atoms with Crippen LogP contribution >= 0.6 is 0 Å². The first-order valence-corrected chi connectivity index (χ1v) is 9.54. The molecule has 3 nitrogen and oxygen atoms in total. The lowest BCUT2D eigenvalue weighted by atomic mass is 10.0. The van der Waals surface area contributed by atoms with Gasteiger partial charge in [0.1, 0.15) is 0 Å². The summed E-state index contributed by atoms with van der Waals surface area (Å²) in [5, 5.41) is 0.952. The number of carbonyl (C=O) groups excluding carboxylic acids is 1. The maximum absolute atomic E-state index is 12.7. The van der Waals surface area contributed by atoms with Gasteiger partial charge in [0, 0.05) is 23.1 Å². The van der Waals surface area contributed by atoms with Crippen molar-refractivity contribution in [2.75, 3.05) is 7.11 Å². The number of nitrogens with zero attached hydrogens (tertiary/aromatic N) is 1. The summed E-state index contributed by atoms with van der Waals surface area (Å²) in [5.74, 6) is -0.272. The molecule has 1 heterocycles. The molecular formula is C25H23NO2. The van der Waals surface area contributed by atoms with Crippen LogP contribution in [-0.2, 0) is 24.1 Å². The minimum Gasteiger partial charge on any atom is -0.465 e. The van der Waals surface area contributed by atoms with Crippen molar-refractivity contribution in [1.82, 2.24) is 4.57 Å². The summed E-state index contributed by atoms with van der Waals surface area (Å²) in [6, 6.07) is 28.8. The molecule has 0 radical (unpaired) electrons. The molecule has 0 saturated carbocycles. The fourth-order valence-corrected chi connectivity index (χ4v) is 3.80. The van der Waals surface area contributed by atoms with E-state index in [4.69, 9.17) is 4.74 Å². The number of methoxy groups -OCH3 is 1. The first-order valence-electron chi connectivity index (χ1n) is 9.54. The highest BCUT2D eigenvalue weighted by Gasteiger charge is 2.22. The zero-order chi connectivity index (χ0) is 19.3. The van der Waals surface area contributed by atoms with Gasteiger partial charge in [-0.3, -0.25) is 0 Å². The zero-order valence-corrected chi connectivity index (χ0v) is 16.0. The van der Waals surface area contributed by atoms with E-state index in [-0.39, 0.29) is 5.97 Å². The van der Waals surface area contributed by atoms with Gasteiger partial charge in [0.05, 0.1) is 12.7 Å². The summed E-state index contributed by atoms with van der Waals surface area (Å²) in [7, 11) is 1.45. The minimum atomic E-state index is -0.272. The van der Waals surface area contributed by atoms with Crippen molar-refractivity contribution < 1.29 is 9.53 Å². The van der Waals surface area contributed by atoms with E-state index in [2.05, 4.69) is 47.0 Å². The summed E-state index contributed by atoms with van der Waals surface area (Å²) in [6.07, 6.45) is 1.64. The summed E-state index contributed by atoms with van der Waals surface area (Å²) in [4.78, 5) is 12.7. The third kappa shape index (κ3) is 3.56. The number of esters is 1. The molecule has 3 heteroatoms. The van der Waals surface area contributed by atoms with Gasteiger partial charge >= 0.3 is 5.97 Å². The van der Waals surface area contributed by atoms with E-state index >= 15 is 0 Å². The summed E-state index contributed by atoms with van der Waals surface area (Å²) < 4.78 is 7.41. The molecule has 0 saturated heterocycles. The average molecular weight is 369 g/mol. The zero-order valence-electron chi connectivity index (χ0n) is 16.0. The Labute approximate surface area is 165 Å². The Balaban J connectivity index is 1.83. The van der Waals surface area contributed by atoms with E-state index in [9.17, 15) is 4.79 Å². The highest BCUT2D eigenvalue weighted by Crippen LogP contribution is 2.29. The van der Waals surface area contributed by atoms with Gasteiger partial charge in [0.25, 0.3) is 0 Å². The van der Waals surface area contributed by atoms with Crippen molar-refractivity contribution >= 4 is 16.9 Å². The van der Waals surface area contributed by atoms with Gasteiger partial charge in [-0.15, -0.1) is 0 Å². The van der Waals surface area contributed by atoms with Crippen LogP contribution in [-0.4, -0.2) is 17.6 Å². The van der Waals surface area contributed by atoms with Crippen LogP contribution in [0.15, 0.2) is 84.9 Å². The molecule has 0 atom stereocenters. The Kier molecular flexibility index (Phi) is 5.24. The predicted octanol–water partition coefficient (Wildman–Crippen LogP) is 5.26. The van der Waals surface area contributed by atoms with Crippen molar-refractivity contribution in [3.63, 3.8) is 0 Å². The van der Waals surface area contributed by atoms with Crippen LogP contribution in [0.25, 0.3) is 10.9 Å². The van der Waals surface area contributed by atoms with E-state index in [1.165, 1.54) is 18.2 Å². The monoisotopic (exact) mass is 369 g/mol. The van der Waals surface area contributed by atoms with E-state index in [1.807, 2.05) is 42.5 Å². The Morgan fingerprint density at radius 1 is 0.786 bits per heavy atom. The van der Waals surface area contributed by atoms with Crippen molar-refractivity contribution in [3.05, 3.63) is 107 Å². The van der Waals surface area contributed by atoms with Gasteiger partial charge in [0.15, 0.2) is 0 Å². The topological polar surface area (TPSA) is 31.2 Å². The van der Waals surface area contributed by atoms with E-state index < -0.39 is 0 Å². The third-order valence-corrected chi connectivity index (χ3v) is 5.14. The summed E-state index contributed by atoms with van der Waals surface area (Å²) in [5.41, 5.74) is 5.25. The molecule has 0 unspecified atom stereocenters. The highest BCUT2D eigenvalue weighted by molar-refractivity contribution is 6.06. The third-order valence-electron chi connectivity index (χ3n) is 5.14. The lowest BCUT2D eigenvalue weighted by Gasteiger charge is -2.12. The number of hydrogen-bond acceptors (Lipinski definition) is 2. The van der Waals surface area contributed by atoms with E-state index in [0.717, 1.165) is 36.0 Å². The predicted molar refractivity (Wildman–Crippen MR) is 113 cm³/mol. The van der Waals surface area contributed by atoms with Gasteiger partial charge < -0.3 is 9.30 Å². The number of ether oxygens (including phenoxy) is 1. The maximum Gasteiger partial charge on any atom is 0.340 e. The standard InChI is InChI=1S/C25H23NO2/c1-28-25(27)24-21-14-8-9-15-22(21)26(18-20-12-6-3-7-13-20)23(24)17-16-19-10-4-2-5-11-19/h2-15H,16-18H2,1H3. The summed E-state index contributed by atoms with van der Waals surface area (Å²) in [6.45, 7) is 0.725. The smallest absolute Gasteiger partial charge is 0.340 e. The average Bonchev–Trinajstić information content (AvgIpc) is 3.06. The first kappa shape index (κ1) is 18.1. The van der Waals surface area contributed by atoms with Gasteiger partial charge in [-0.05, 0) is 30.0 Å².